The molecule has 1 unspecified atom stereocenters. The van der Waals surface area contributed by atoms with Gasteiger partial charge in [-0.1, -0.05) is 72.8 Å². The molecular formula is C31H36N3O2P. The van der Waals surface area contributed by atoms with Crippen LogP contribution in [0.4, 0.5) is 0 Å². The number of aromatic nitrogens is 3. The second-order valence-corrected chi connectivity index (χ2v) is 12.6. The van der Waals surface area contributed by atoms with Gasteiger partial charge in [-0.05, 0) is 70.9 Å². The van der Waals surface area contributed by atoms with Crippen molar-refractivity contribution in [2.75, 3.05) is 0 Å². The first-order valence-corrected chi connectivity index (χ1v) is 14.0. The van der Waals surface area contributed by atoms with Gasteiger partial charge in [0.1, 0.15) is 0 Å². The Hall–Kier alpha value is -3.39. The van der Waals surface area contributed by atoms with Crippen LogP contribution < -0.4 is 0 Å². The van der Waals surface area contributed by atoms with Crippen molar-refractivity contribution >= 4 is 13.2 Å². The zero-order chi connectivity index (χ0) is 26.6. The Bertz CT molecular complexity index is 1420. The smallest absolute Gasteiger partial charge is 0.247 e. The SMILES string of the molecule is CC/C=C(\C=C/Cc1nnc(-c2cccc(-c3np(C4=CC=C=C(C(C)(C)C)C=C4)o3)c2)o1)C(C)(C)C. The molecule has 1 aliphatic carbocycles. The number of benzene rings is 1. The van der Waals surface area contributed by atoms with E-state index in [9.17, 15) is 0 Å². The Morgan fingerprint density at radius 2 is 1.76 bits per heavy atom. The van der Waals surface area contributed by atoms with Crippen LogP contribution in [-0.2, 0) is 6.42 Å². The van der Waals surface area contributed by atoms with Gasteiger partial charge in [-0.25, -0.2) is 0 Å². The number of nitrogens with zero attached hydrogens (tertiary/aromatic N) is 3. The fourth-order valence-electron chi connectivity index (χ4n) is 3.84. The average Bonchev–Trinajstić information content (AvgIpc) is 3.13. The first kappa shape index (κ1) is 26.7. The van der Waals surface area contributed by atoms with E-state index >= 15 is 0 Å². The van der Waals surface area contributed by atoms with Crippen LogP contribution >= 0.6 is 7.93 Å². The number of allylic oxidation sites excluding steroid dienone is 9. The van der Waals surface area contributed by atoms with Crippen molar-refractivity contribution in [3.8, 4) is 22.9 Å². The number of rotatable bonds is 7. The summed E-state index contributed by atoms with van der Waals surface area (Å²) in [5.74, 6) is 1.72. The molecule has 0 radical (unpaired) electrons. The lowest BCUT2D eigenvalue weighted by Gasteiger charge is -2.20. The van der Waals surface area contributed by atoms with Gasteiger partial charge in [0.25, 0.3) is 0 Å². The van der Waals surface area contributed by atoms with Gasteiger partial charge in [0, 0.05) is 17.5 Å². The minimum absolute atomic E-state index is 0.0469. The molecule has 0 saturated heterocycles. The maximum absolute atomic E-state index is 6.12. The van der Waals surface area contributed by atoms with Gasteiger partial charge in [-0.15, -0.1) is 15.9 Å². The van der Waals surface area contributed by atoms with Crippen LogP contribution in [0.25, 0.3) is 28.2 Å². The van der Waals surface area contributed by atoms with Gasteiger partial charge in [-0.3, -0.25) is 0 Å². The predicted octanol–water partition coefficient (Wildman–Crippen LogP) is 9.40. The second-order valence-electron chi connectivity index (χ2n) is 11.2. The lowest BCUT2D eigenvalue weighted by molar-refractivity contribution is 0.511. The normalized spacial score (nSPS) is 15.3. The predicted molar refractivity (Wildman–Crippen MR) is 153 cm³/mol. The van der Waals surface area contributed by atoms with Gasteiger partial charge in [0.05, 0.1) is 5.31 Å². The van der Waals surface area contributed by atoms with Crippen LogP contribution in [0.1, 0.15) is 60.8 Å². The minimum Gasteiger partial charge on any atom is -0.420 e. The highest BCUT2D eigenvalue weighted by molar-refractivity contribution is 7.52. The minimum atomic E-state index is -1.02. The zero-order valence-corrected chi connectivity index (χ0v) is 23.8. The van der Waals surface area contributed by atoms with Crippen molar-refractivity contribution in [1.29, 1.82) is 0 Å². The molecule has 6 heteroatoms. The number of hydrogen-bond acceptors (Lipinski definition) is 5. The van der Waals surface area contributed by atoms with Gasteiger partial charge >= 0.3 is 0 Å². The molecule has 2 aromatic heterocycles. The van der Waals surface area contributed by atoms with Crippen LogP contribution in [0.2, 0.25) is 0 Å². The second kappa shape index (κ2) is 10.9. The Morgan fingerprint density at radius 1 is 1.03 bits per heavy atom. The van der Waals surface area contributed by atoms with E-state index in [0.717, 1.165) is 28.4 Å². The van der Waals surface area contributed by atoms with E-state index in [0.29, 0.717) is 24.1 Å². The van der Waals surface area contributed by atoms with Crippen LogP contribution in [-0.4, -0.2) is 14.9 Å². The summed E-state index contributed by atoms with van der Waals surface area (Å²) in [5.41, 5.74) is 7.72. The summed E-state index contributed by atoms with van der Waals surface area (Å²) >= 11 is 0. The highest BCUT2D eigenvalue weighted by Gasteiger charge is 2.19. The third-order valence-electron chi connectivity index (χ3n) is 6.00. The van der Waals surface area contributed by atoms with E-state index in [2.05, 4.69) is 94.8 Å². The molecule has 0 spiro atoms. The van der Waals surface area contributed by atoms with Crippen molar-refractivity contribution in [2.24, 2.45) is 10.8 Å². The lowest BCUT2D eigenvalue weighted by Crippen LogP contribution is -2.07. The molecule has 2 heterocycles. The lowest BCUT2D eigenvalue weighted by atomic mass is 9.85. The van der Waals surface area contributed by atoms with E-state index in [1.165, 1.54) is 5.57 Å². The topological polar surface area (TPSA) is 65.0 Å². The zero-order valence-electron chi connectivity index (χ0n) is 22.9. The first-order valence-electron chi connectivity index (χ1n) is 12.8. The summed E-state index contributed by atoms with van der Waals surface area (Å²) in [5, 5.41) is 9.57. The quantitative estimate of drug-likeness (QED) is 0.233. The molecule has 1 atom stereocenters. The fourth-order valence-corrected chi connectivity index (χ4v) is 5.03. The summed E-state index contributed by atoms with van der Waals surface area (Å²) in [4.78, 5) is 0. The standard InChI is InChI=1S/C31H36N3O2P/c1-8-12-24(30(2,3)4)16-11-18-27-32-33-28(35-27)22-13-9-14-23(21-22)29-34-37(36-29)26-17-10-15-25(19-20-26)31(5,6)7/h9-14,16-17,19-21H,8,18H2,1-7H3/b16-11-,24-12+. The van der Waals surface area contributed by atoms with E-state index in [4.69, 9.17) is 13.4 Å². The van der Waals surface area contributed by atoms with Crippen LogP contribution in [0.5, 0.6) is 0 Å². The van der Waals surface area contributed by atoms with E-state index in [-0.39, 0.29) is 10.8 Å². The highest BCUT2D eigenvalue weighted by atomic mass is 31.1. The largest absolute Gasteiger partial charge is 0.420 e. The van der Waals surface area contributed by atoms with E-state index < -0.39 is 7.93 Å². The molecule has 0 aliphatic heterocycles. The Labute approximate surface area is 221 Å². The Balaban J connectivity index is 1.44. The van der Waals surface area contributed by atoms with Gasteiger partial charge in [0.15, 0.2) is 7.93 Å². The summed E-state index contributed by atoms with van der Waals surface area (Å²) in [6.45, 7) is 15.4. The Kier molecular flexibility index (Phi) is 7.87. The van der Waals surface area contributed by atoms with Gasteiger partial charge < -0.3 is 8.61 Å². The van der Waals surface area contributed by atoms with Crippen molar-refractivity contribution in [3.05, 3.63) is 89.6 Å². The molecule has 0 saturated carbocycles. The molecule has 37 heavy (non-hydrogen) atoms. The molecular weight excluding hydrogens is 477 g/mol. The summed E-state index contributed by atoms with van der Waals surface area (Å²) in [6.07, 6.45) is 16.3. The molecule has 1 aromatic carbocycles. The van der Waals surface area contributed by atoms with E-state index in [1.54, 1.807) is 0 Å². The third-order valence-corrected chi connectivity index (χ3v) is 7.45. The third kappa shape index (κ3) is 6.68. The monoisotopic (exact) mass is 513 g/mol. The molecule has 0 fully saturated rings. The van der Waals surface area contributed by atoms with Crippen molar-refractivity contribution in [1.82, 2.24) is 14.9 Å². The van der Waals surface area contributed by atoms with Crippen LogP contribution in [0.15, 0.2) is 92.3 Å². The summed E-state index contributed by atoms with van der Waals surface area (Å²) < 4.78 is 16.8. The molecule has 0 N–H and O–H groups in total. The average molecular weight is 514 g/mol. The highest BCUT2D eigenvalue weighted by Crippen LogP contribution is 2.45. The van der Waals surface area contributed by atoms with Crippen LogP contribution in [0, 0.1) is 10.8 Å². The van der Waals surface area contributed by atoms with Crippen molar-refractivity contribution in [2.45, 2.75) is 61.3 Å². The molecule has 1 aliphatic rings. The molecule has 4 rings (SSSR count). The number of hydrogen-bond donors (Lipinski definition) is 0. The molecule has 0 amide bonds. The molecule has 5 nitrogen and oxygen atoms in total. The van der Waals surface area contributed by atoms with Gasteiger partial charge in [0.2, 0.25) is 17.7 Å². The molecule has 3 aromatic rings. The van der Waals surface area contributed by atoms with Crippen molar-refractivity contribution in [3.63, 3.8) is 0 Å². The fraction of sp³-hybridized carbons (Fsp3) is 0.355. The molecule has 192 valence electrons. The van der Waals surface area contributed by atoms with Gasteiger partial charge in [-0.2, -0.15) is 4.75 Å². The maximum Gasteiger partial charge on any atom is 0.247 e. The Morgan fingerprint density at radius 3 is 2.43 bits per heavy atom. The maximum atomic E-state index is 6.12. The van der Waals surface area contributed by atoms with Crippen molar-refractivity contribution < 1.29 is 8.61 Å². The summed E-state index contributed by atoms with van der Waals surface area (Å²) in [7, 11) is -1.02. The van der Waals surface area contributed by atoms with E-state index in [1.807, 2.05) is 36.4 Å². The first-order chi connectivity index (χ1) is 17.5. The molecule has 0 bridgehead atoms. The van der Waals surface area contributed by atoms with Crippen LogP contribution in [0.3, 0.4) is 0 Å². The summed E-state index contributed by atoms with van der Waals surface area (Å²) in [6, 6.07) is 7.89.